The van der Waals surface area contributed by atoms with Gasteiger partial charge in [0.2, 0.25) is 0 Å². The molecule has 1 amide bonds. The third kappa shape index (κ3) is 3.39. The van der Waals surface area contributed by atoms with Crippen LogP contribution in [0.4, 0.5) is 10.7 Å². The van der Waals surface area contributed by atoms with Crippen molar-refractivity contribution in [1.82, 2.24) is 5.32 Å². The van der Waals surface area contributed by atoms with E-state index in [1.54, 1.807) is 13.2 Å². The van der Waals surface area contributed by atoms with Crippen LogP contribution in [-0.2, 0) is 4.74 Å². The Kier molecular flexibility index (Phi) is 5.07. The first-order valence-corrected chi connectivity index (χ1v) is 5.91. The van der Waals surface area contributed by atoms with E-state index in [9.17, 15) is 4.79 Å². The number of methoxy groups -OCH3 is 1. The summed E-state index contributed by atoms with van der Waals surface area (Å²) in [7, 11) is 1.64. The number of ether oxygens (including phenoxy) is 1. The Morgan fingerprint density at radius 3 is 3.00 bits per heavy atom. The van der Waals surface area contributed by atoms with Gasteiger partial charge in [-0.2, -0.15) is 0 Å². The lowest BCUT2D eigenvalue weighted by Crippen LogP contribution is -2.22. The molecule has 16 heavy (non-hydrogen) atoms. The monoisotopic (exact) mass is 243 g/mol. The van der Waals surface area contributed by atoms with Gasteiger partial charge in [0.1, 0.15) is 4.88 Å². The zero-order chi connectivity index (χ0) is 12.0. The molecule has 1 rings (SSSR count). The largest absolute Gasteiger partial charge is 0.397 e. The van der Waals surface area contributed by atoms with Crippen molar-refractivity contribution in [1.29, 1.82) is 0 Å². The number of carbonyl (C=O) groups excluding carboxylic acids is 1. The Bertz CT molecular complexity index is 352. The van der Waals surface area contributed by atoms with Crippen LogP contribution in [0.2, 0.25) is 0 Å². The molecule has 1 aromatic heterocycles. The number of nitrogen functional groups attached to an aromatic ring is 1. The summed E-state index contributed by atoms with van der Waals surface area (Å²) in [5.41, 5.74) is 6.27. The lowest BCUT2D eigenvalue weighted by Gasteiger charge is -2.01. The van der Waals surface area contributed by atoms with Gasteiger partial charge in [-0.05, 0) is 13.0 Å². The van der Waals surface area contributed by atoms with Crippen LogP contribution < -0.4 is 16.4 Å². The third-order valence-electron chi connectivity index (χ3n) is 1.91. The Morgan fingerprint density at radius 2 is 2.38 bits per heavy atom. The van der Waals surface area contributed by atoms with Crippen molar-refractivity contribution >= 4 is 27.9 Å². The molecule has 0 saturated carbocycles. The average molecular weight is 243 g/mol. The van der Waals surface area contributed by atoms with Gasteiger partial charge in [-0.25, -0.2) is 0 Å². The minimum atomic E-state index is -0.121. The fourth-order valence-electron chi connectivity index (χ4n) is 1.19. The van der Waals surface area contributed by atoms with Crippen molar-refractivity contribution in [2.45, 2.75) is 6.92 Å². The molecular formula is C10H17N3O2S. The molecule has 0 aromatic carbocycles. The molecule has 0 unspecified atom stereocenters. The second kappa shape index (κ2) is 6.34. The normalized spacial score (nSPS) is 10.1. The van der Waals surface area contributed by atoms with Gasteiger partial charge in [0.25, 0.3) is 5.91 Å². The lowest BCUT2D eigenvalue weighted by atomic mass is 10.3. The number of anilines is 2. The van der Waals surface area contributed by atoms with Crippen LogP contribution in [0.25, 0.3) is 0 Å². The van der Waals surface area contributed by atoms with Crippen LogP contribution >= 0.6 is 11.3 Å². The number of rotatable bonds is 6. The van der Waals surface area contributed by atoms with Crippen LogP contribution in [0.1, 0.15) is 16.6 Å². The highest BCUT2D eigenvalue weighted by molar-refractivity contribution is 7.18. The molecule has 6 heteroatoms. The van der Waals surface area contributed by atoms with Crippen molar-refractivity contribution < 1.29 is 9.53 Å². The van der Waals surface area contributed by atoms with Crippen molar-refractivity contribution in [2.75, 3.05) is 37.9 Å². The number of amides is 1. The van der Waals surface area contributed by atoms with Gasteiger partial charge >= 0.3 is 0 Å². The molecule has 90 valence electrons. The van der Waals surface area contributed by atoms with Crippen LogP contribution in [-0.4, -0.2) is 32.7 Å². The van der Waals surface area contributed by atoms with Crippen molar-refractivity contribution in [3.63, 3.8) is 0 Å². The quantitative estimate of drug-likeness (QED) is 0.655. The molecule has 4 N–H and O–H groups in total. The molecule has 1 heterocycles. The van der Waals surface area contributed by atoms with E-state index in [0.717, 1.165) is 5.00 Å². The van der Waals surface area contributed by atoms with Gasteiger partial charge in [-0.1, -0.05) is 0 Å². The molecule has 0 atom stereocenters. The van der Waals surface area contributed by atoms with Crippen LogP contribution in [0, 0.1) is 0 Å². The Balaban J connectivity index is 2.62. The van der Waals surface area contributed by atoms with E-state index in [-0.39, 0.29) is 5.91 Å². The molecule has 0 aliphatic heterocycles. The van der Waals surface area contributed by atoms with Crippen LogP contribution in [0.3, 0.4) is 0 Å². The maximum atomic E-state index is 11.6. The second-order valence-corrected chi connectivity index (χ2v) is 4.23. The lowest BCUT2D eigenvalue weighted by molar-refractivity contribution is 0.0960. The molecule has 0 aliphatic rings. The van der Waals surface area contributed by atoms with Gasteiger partial charge < -0.3 is 21.1 Å². The van der Waals surface area contributed by atoms with Gasteiger partial charge in [0.05, 0.1) is 17.3 Å². The molecule has 0 bridgehead atoms. The maximum absolute atomic E-state index is 11.6. The highest BCUT2D eigenvalue weighted by atomic mass is 32.1. The maximum Gasteiger partial charge on any atom is 0.263 e. The zero-order valence-electron chi connectivity index (χ0n) is 9.50. The smallest absolute Gasteiger partial charge is 0.263 e. The van der Waals surface area contributed by atoms with Crippen molar-refractivity contribution in [2.24, 2.45) is 0 Å². The average Bonchev–Trinajstić information content (AvgIpc) is 2.61. The van der Waals surface area contributed by atoms with E-state index in [1.807, 2.05) is 6.92 Å². The van der Waals surface area contributed by atoms with E-state index in [2.05, 4.69) is 10.6 Å². The summed E-state index contributed by atoms with van der Waals surface area (Å²) in [5.74, 6) is -0.121. The second-order valence-electron chi connectivity index (χ2n) is 3.17. The summed E-state index contributed by atoms with van der Waals surface area (Å²) in [6, 6.07) is 1.77. The number of nitrogens with one attached hydrogen (secondary N) is 2. The fraction of sp³-hybridized carbons (Fsp3) is 0.500. The minimum Gasteiger partial charge on any atom is -0.397 e. The van der Waals surface area contributed by atoms with E-state index in [1.165, 1.54) is 11.3 Å². The minimum absolute atomic E-state index is 0.121. The van der Waals surface area contributed by atoms with Gasteiger partial charge in [0.15, 0.2) is 0 Å². The first-order chi connectivity index (χ1) is 7.69. The first kappa shape index (κ1) is 12.8. The summed E-state index contributed by atoms with van der Waals surface area (Å²) in [5, 5.41) is 6.74. The summed E-state index contributed by atoms with van der Waals surface area (Å²) in [6.45, 7) is 3.79. The van der Waals surface area contributed by atoms with Crippen molar-refractivity contribution in [3.05, 3.63) is 10.9 Å². The topological polar surface area (TPSA) is 76.4 Å². The molecule has 0 radical (unpaired) electrons. The number of carbonyl (C=O) groups is 1. The molecule has 0 spiro atoms. The fourth-order valence-corrected chi connectivity index (χ4v) is 2.11. The van der Waals surface area contributed by atoms with Gasteiger partial charge in [0, 0.05) is 20.2 Å². The molecular weight excluding hydrogens is 226 g/mol. The molecule has 0 aliphatic carbocycles. The molecule has 5 nitrogen and oxygen atoms in total. The highest BCUT2D eigenvalue weighted by Crippen LogP contribution is 2.28. The van der Waals surface area contributed by atoms with Gasteiger partial charge in [-0.15, -0.1) is 11.3 Å². The van der Waals surface area contributed by atoms with E-state index < -0.39 is 0 Å². The molecule has 0 saturated heterocycles. The van der Waals surface area contributed by atoms with E-state index >= 15 is 0 Å². The predicted molar refractivity (Wildman–Crippen MR) is 67.1 cm³/mol. The van der Waals surface area contributed by atoms with E-state index in [4.69, 9.17) is 10.5 Å². The standard InChI is InChI=1S/C10H17N3O2S/c1-3-12-10(14)9-7(11)6-8(16-9)13-4-5-15-2/h6,13H,3-5,11H2,1-2H3,(H,12,14). The summed E-state index contributed by atoms with van der Waals surface area (Å²) >= 11 is 1.35. The SMILES string of the molecule is CCNC(=O)c1sc(NCCOC)cc1N. The van der Waals surface area contributed by atoms with Crippen LogP contribution in [0.15, 0.2) is 6.07 Å². The number of thiophene rings is 1. The number of hydrogen-bond acceptors (Lipinski definition) is 5. The molecule has 0 fully saturated rings. The Morgan fingerprint density at radius 1 is 1.62 bits per heavy atom. The van der Waals surface area contributed by atoms with Crippen LogP contribution in [0.5, 0.6) is 0 Å². The predicted octanol–water partition coefficient (Wildman–Crippen LogP) is 1.14. The third-order valence-corrected chi connectivity index (χ3v) is 3.02. The Labute approximate surface area is 99.0 Å². The first-order valence-electron chi connectivity index (χ1n) is 5.09. The number of hydrogen-bond donors (Lipinski definition) is 3. The van der Waals surface area contributed by atoms with Crippen molar-refractivity contribution in [3.8, 4) is 0 Å². The van der Waals surface area contributed by atoms with Gasteiger partial charge in [-0.3, -0.25) is 4.79 Å². The zero-order valence-corrected chi connectivity index (χ0v) is 10.3. The van der Waals surface area contributed by atoms with E-state index in [0.29, 0.717) is 30.3 Å². The Hall–Kier alpha value is -1.27. The summed E-state index contributed by atoms with van der Waals surface area (Å²) in [6.07, 6.45) is 0. The highest BCUT2D eigenvalue weighted by Gasteiger charge is 2.13. The number of nitrogens with two attached hydrogens (primary N) is 1. The summed E-state index contributed by atoms with van der Waals surface area (Å²) in [4.78, 5) is 12.1. The molecule has 1 aromatic rings. The summed E-state index contributed by atoms with van der Waals surface area (Å²) < 4.78 is 4.92.